The summed E-state index contributed by atoms with van der Waals surface area (Å²) in [5.74, 6) is -1.36. The average Bonchev–Trinajstić information content (AvgIpc) is 2.80. The normalized spacial score (nSPS) is 12.0. The molecule has 1 heterocycles. The van der Waals surface area contributed by atoms with Crippen LogP contribution in [0.25, 0.3) is 0 Å². The molecule has 1 unspecified atom stereocenters. The third-order valence-corrected chi connectivity index (χ3v) is 3.19. The smallest absolute Gasteiger partial charge is 0.320 e. The van der Waals surface area contributed by atoms with E-state index in [9.17, 15) is 14.4 Å². The Bertz CT molecular complexity index is 536. The third-order valence-electron chi connectivity index (χ3n) is 3.19. The van der Waals surface area contributed by atoms with Crippen LogP contribution in [0.4, 0.5) is 0 Å². The second-order valence-electron chi connectivity index (χ2n) is 4.98. The van der Waals surface area contributed by atoms with Crippen LogP contribution in [0.5, 0.6) is 0 Å². The standard InChI is InChI=1S/C14H21N3O4/c1-9(18)10-7-12(17(2)8-10)13(19)16-6-4-3-5-11(15)14(20)21/h7-8,11H,3-6,15H2,1-2H3,(H,16,19)(H,20,21). The topological polar surface area (TPSA) is 114 Å². The van der Waals surface area contributed by atoms with Crippen LogP contribution in [0.1, 0.15) is 47.0 Å². The summed E-state index contributed by atoms with van der Waals surface area (Å²) in [6, 6.07) is 0.699. The molecule has 1 aromatic heterocycles. The van der Waals surface area contributed by atoms with E-state index in [-0.39, 0.29) is 11.7 Å². The molecule has 21 heavy (non-hydrogen) atoms. The molecule has 0 saturated carbocycles. The predicted molar refractivity (Wildman–Crippen MR) is 77.2 cm³/mol. The van der Waals surface area contributed by atoms with Crippen molar-refractivity contribution in [1.82, 2.24) is 9.88 Å². The first-order valence-electron chi connectivity index (χ1n) is 6.76. The molecule has 0 spiro atoms. The Labute approximate surface area is 123 Å². The Kier molecular flexibility index (Phi) is 6.10. The van der Waals surface area contributed by atoms with Crippen LogP contribution >= 0.6 is 0 Å². The van der Waals surface area contributed by atoms with Crippen LogP contribution in [0.3, 0.4) is 0 Å². The number of carbonyl (C=O) groups excluding carboxylic acids is 2. The number of Topliss-reactive ketones (excluding diaryl/α,β-unsaturated/α-hetero) is 1. The van der Waals surface area contributed by atoms with Crippen molar-refractivity contribution in [3.8, 4) is 0 Å². The molecule has 0 radical (unpaired) electrons. The van der Waals surface area contributed by atoms with Gasteiger partial charge in [0.1, 0.15) is 11.7 Å². The number of carboxylic acid groups (broad SMARTS) is 1. The van der Waals surface area contributed by atoms with Crippen molar-refractivity contribution >= 4 is 17.7 Å². The SMILES string of the molecule is CC(=O)c1cc(C(=O)NCCCCC(N)C(=O)O)n(C)c1. The van der Waals surface area contributed by atoms with E-state index in [4.69, 9.17) is 10.8 Å². The molecular formula is C14H21N3O4. The number of hydrogen-bond acceptors (Lipinski definition) is 4. The van der Waals surface area contributed by atoms with Gasteiger partial charge in [-0.1, -0.05) is 0 Å². The Morgan fingerprint density at radius 2 is 2.05 bits per heavy atom. The Balaban J connectivity index is 2.37. The number of carboxylic acids is 1. The number of rotatable bonds is 8. The maximum atomic E-state index is 11.9. The number of hydrogen-bond donors (Lipinski definition) is 3. The van der Waals surface area contributed by atoms with E-state index in [1.807, 2.05) is 0 Å². The van der Waals surface area contributed by atoms with E-state index in [1.54, 1.807) is 23.9 Å². The minimum Gasteiger partial charge on any atom is -0.480 e. The van der Waals surface area contributed by atoms with Gasteiger partial charge in [-0.3, -0.25) is 14.4 Å². The van der Waals surface area contributed by atoms with Gasteiger partial charge in [0, 0.05) is 25.4 Å². The van der Waals surface area contributed by atoms with Crippen LogP contribution < -0.4 is 11.1 Å². The molecule has 0 aliphatic rings. The highest BCUT2D eigenvalue weighted by molar-refractivity contribution is 5.99. The van der Waals surface area contributed by atoms with Gasteiger partial charge in [-0.05, 0) is 32.3 Å². The highest BCUT2D eigenvalue weighted by Gasteiger charge is 2.14. The van der Waals surface area contributed by atoms with Gasteiger partial charge in [-0.25, -0.2) is 0 Å². The Morgan fingerprint density at radius 1 is 1.38 bits per heavy atom. The minimum atomic E-state index is -1.01. The molecule has 1 aromatic rings. The van der Waals surface area contributed by atoms with Crippen LogP contribution in [0.15, 0.2) is 12.3 Å². The van der Waals surface area contributed by atoms with Gasteiger partial charge in [-0.2, -0.15) is 0 Å². The van der Waals surface area contributed by atoms with E-state index in [2.05, 4.69) is 5.32 Å². The van der Waals surface area contributed by atoms with E-state index in [0.717, 1.165) is 0 Å². The summed E-state index contributed by atoms with van der Waals surface area (Å²) >= 11 is 0. The lowest BCUT2D eigenvalue weighted by molar-refractivity contribution is -0.138. The average molecular weight is 295 g/mol. The number of nitrogens with one attached hydrogen (secondary N) is 1. The zero-order valence-electron chi connectivity index (χ0n) is 12.3. The van der Waals surface area contributed by atoms with Gasteiger partial charge in [0.2, 0.25) is 0 Å². The molecule has 1 amide bonds. The second kappa shape index (κ2) is 7.58. The lowest BCUT2D eigenvalue weighted by Gasteiger charge is -2.07. The molecule has 0 saturated heterocycles. The first kappa shape index (κ1) is 16.9. The van der Waals surface area contributed by atoms with Crippen LogP contribution in [0, 0.1) is 0 Å². The van der Waals surface area contributed by atoms with Crippen molar-refractivity contribution in [3.05, 3.63) is 23.5 Å². The van der Waals surface area contributed by atoms with Crippen LogP contribution in [0.2, 0.25) is 0 Å². The summed E-state index contributed by atoms with van der Waals surface area (Å²) < 4.78 is 1.60. The molecule has 7 heteroatoms. The van der Waals surface area contributed by atoms with Crippen LogP contribution in [-0.4, -0.2) is 39.9 Å². The molecule has 1 atom stereocenters. The molecular weight excluding hydrogens is 274 g/mol. The summed E-state index contributed by atoms with van der Waals surface area (Å²) in [6.07, 6.45) is 3.27. The first-order valence-corrected chi connectivity index (χ1v) is 6.76. The number of ketones is 1. The number of aliphatic carboxylic acids is 1. The summed E-state index contributed by atoms with van der Waals surface area (Å²) in [5, 5.41) is 11.4. The molecule has 0 aromatic carbocycles. The van der Waals surface area contributed by atoms with Crippen molar-refractivity contribution in [1.29, 1.82) is 0 Å². The quantitative estimate of drug-likeness (QED) is 0.478. The van der Waals surface area contributed by atoms with Crippen molar-refractivity contribution in [2.75, 3.05) is 6.54 Å². The number of aryl methyl sites for hydroxylation is 1. The number of nitrogens with zero attached hydrogens (tertiary/aromatic N) is 1. The lowest BCUT2D eigenvalue weighted by Crippen LogP contribution is -2.30. The fourth-order valence-electron chi connectivity index (χ4n) is 1.89. The van der Waals surface area contributed by atoms with Gasteiger partial charge < -0.3 is 20.7 Å². The van der Waals surface area contributed by atoms with E-state index >= 15 is 0 Å². The molecule has 0 aliphatic carbocycles. The van der Waals surface area contributed by atoms with Gasteiger partial charge in [0.15, 0.2) is 5.78 Å². The van der Waals surface area contributed by atoms with E-state index in [1.165, 1.54) is 6.92 Å². The second-order valence-corrected chi connectivity index (χ2v) is 4.98. The van der Waals surface area contributed by atoms with Crippen molar-refractivity contribution in [3.63, 3.8) is 0 Å². The summed E-state index contributed by atoms with van der Waals surface area (Å²) in [6.45, 7) is 1.88. The monoisotopic (exact) mass is 295 g/mol. The minimum absolute atomic E-state index is 0.0905. The number of amides is 1. The number of nitrogens with two attached hydrogens (primary N) is 1. The van der Waals surface area contributed by atoms with Gasteiger partial charge in [-0.15, -0.1) is 0 Å². The fourth-order valence-corrected chi connectivity index (χ4v) is 1.89. The number of carbonyl (C=O) groups is 3. The molecule has 116 valence electrons. The van der Waals surface area contributed by atoms with Crippen molar-refractivity contribution in [2.24, 2.45) is 12.8 Å². The fraction of sp³-hybridized carbons (Fsp3) is 0.500. The predicted octanol–water partition coefficient (Wildman–Crippen LogP) is 0.540. The number of aromatic nitrogens is 1. The molecule has 0 fully saturated rings. The molecule has 1 rings (SSSR count). The summed E-state index contributed by atoms with van der Waals surface area (Å²) in [5.41, 5.74) is 6.29. The Morgan fingerprint density at radius 3 is 2.57 bits per heavy atom. The van der Waals surface area contributed by atoms with Gasteiger partial charge in [0.05, 0.1) is 0 Å². The summed E-state index contributed by atoms with van der Waals surface area (Å²) in [4.78, 5) is 33.7. The largest absolute Gasteiger partial charge is 0.480 e. The van der Waals surface area contributed by atoms with Crippen LogP contribution in [-0.2, 0) is 11.8 Å². The van der Waals surface area contributed by atoms with Gasteiger partial charge >= 0.3 is 5.97 Å². The van der Waals surface area contributed by atoms with Crippen molar-refractivity contribution in [2.45, 2.75) is 32.2 Å². The van der Waals surface area contributed by atoms with E-state index in [0.29, 0.717) is 37.1 Å². The van der Waals surface area contributed by atoms with Crippen molar-refractivity contribution < 1.29 is 19.5 Å². The Hall–Kier alpha value is -2.15. The lowest BCUT2D eigenvalue weighted by atomic mass is 10.1. The summed E-state index contributed by atoms with van der Waals surface area (Å²) in [7, 11) is 1.70. The zero-order valence-corrected chi connectivity index (χ0v) is 12.3. The highest BCUT2D eigenvalue weighted by atomic mass is 16.4. The maximum Gasteiger partial charge on any atom is 0.320 e. The van der Waals surface area contributed by atoms with E-state index < -0.39 is 12.0 Å². The number of unbranched alkanes of at least 4 members (excludes halogenated alkanes) is 1. The molecule has 7 nitrogen and oxygen atoms in total. The maximum absolute atomic E-state index is 11.9. The van der Waals surface area contributed by atoms with Gasteiger partial charge in [0.25, 0.3) is 5.91 Å². The third kappa shape index (κ3) is 5.03. The molecule has 4 N–H and O–H groups in total. The molecule has 0 bridgehead atoms. The zero-order chi connectivity index (χ0) is 16.0. The highest BCUT2D eigenvalue weighted by Crippen LogP contribution is 2.08. The molecule has 0 aliphatic heterocycles. The first-order chi connectivity index (χ1) is 9.82.